The van der Waals surface area contributed by atoms with E-state index in [1.807, 2.05) is 49.5 Å². The summed E-state index contributed by atoms with van der Waals surface area (Å²) in [5.41, 5.74) is 6.17. The highest BCUT2D eigenvalue weighted by atomic mass is 16.5. The van der Waals surface area contributed by atoms with Crippen LogP contribution in [-0.4, -0.2) is 42.1 Å². The molecule has 0 radical (unpaired) electrons. The molecule has 1 unspecified atom stereocenters. The molecule has 0 saturated carbocycles. The number of H-pyrrole nitrogens is 1. The number of benzene rings is 1. The Bertz CT molecular complexity index is 1130. The first-order chi connectivity index (χ1) is 17.3. The quantitative estimate of drug-likeness (QED) is 0.199. The van der Waals surface area contributed by atoms with Gasteiger partial charge in [0.05, 0.1) is 13.7 Å². The Morgan fingerprint density at radius 1 is 1.19 bits per heavy atom. The Hall–Kier alpha value is -4.01. The fraction of sp³-hybridized carbons (Fsp3) is 0.370. The first kappa shape index (κ1) is 28.2. The van der Waals surface area contributed by atoms with Crippen molar-refractivity contribution in [1.29, 1.82) is 0 Å². The Kier molecular flexibility index (Phi) is 10.8. The summed E-state index contributed by atoms with van der Waals surface area (Å²) in [6, 6.07) is 4.96. The SMILES string of the molecule is C=C/C(=C\C=C/C)CCC(C)(NC(=O)NNC(=O)CCc1c[nH]c2cccc(OC)c12)C(=O)OCC. The van der Waals surface area contributed by atoms with Crippen LogP contribution < -0.4 is 20.9 Å². The van der Waals surface area contributed by atoms with E-state index < -0.39 is 17.5 Å². The van der Waals surface area contributed by atoms with Crippen LogP contribution in [0, 0.1) is 0 Å². The number of nitrogens with one attached hydrogen (secondary N) is 4. The van der Waals surface area contributed by atoms with Crippen molar-refractivity contribution in [1.82, 2.24) is 21.2 Å². The lowest BCUT2D eigenvalue weighted by Crippen LogP contribution is -2.58. The van der Waals surface area contributed by atoms with Crippen molar-refractivity contribution >= 4 is 28.8 Å². The van der Waals surface area contributed by atoms with Crippen LogP contribution in [0.5, 0.6) is 5.75 Å². The van der Waals surface area contributed by atoms with Gasteiger partial charge in [0, 0.05) is 23.5 Å². The smallest absolute Gasteiger partial charge is 0.334 e. The molecule has 0 aliphatic carbocycles. The van der Waals surface area contributed by atoms with Crippen LogP contribution in [-0.2, 0) is 20.7 Å². The molecule has 0 saturated heterocycles. The highest BCUT2D eigenvalue weighted by Crippen LogP contribution is 2.29. The van der Waals surface area contributed by atoms with E-state index in [9.17, 15) is 14.4 Å². The largest absolute Gasteiger partial charge is 0.496 e. The second-order valence-electron chi connectivity index (χ2n) is 8.35. The van der Waals surface area contributed by atoms with Crippen molar-refractivity contribution in [2.45, 2.75) is 52.0 Å². The summed E-state index contributed by atoms with van der Waals surface area (Å²) in [5.74, 6) is -0.218. The maximum absolute atomic E-state index is 12.6. The van der Waals surface area contributed by atoms with E-state index in [2.05, 4.69) is 27.7 Å². The number of rotatable bonds is 12. The molecule has 0 aliphatic rings. The van der Waals surface area contributed by atoms with Gasteiger partial charge in [-0.15, -0.1) is 0 Å². The Labute approximate surface area is 212 Å². The van der Waals surface area contributed by atoms with Gasteiger partial charge >= 0.3 is 12.0 Å². The molecule has 1 aromatic carbocycles. The van der Waals surface area contributed by atoms with Gasteiger partial charge in [0.1, 0.15) is 11.3 Å². The lowest BCUT2D eigenvalue weighted by molar-refractivity contribution is -0.150. The van der Waals surface area contributed by atoms with Crippen molar-refractivity contribution in [2.24, 2.45) is 0 Å². The third-order valence-corrected chi connectivity index (χ3v) is 5.70. The van der Waals surface area contributed by atoms with Crippen LogP contribution in [0.25, 0.3) is 10.9 Å². The van der Waals surface area contributed by atoms with Crippen molar-refractivity contribution < 1.29 is 23.9 Å². The number of fused-ring (bicyclic) bond motifs is 1. The number of urea groups is 1. The first-order valence-electron chi connectivity index (χ1n) is 11.9. The molecule has 3 amide bonds. The summed E-state index contributed by atoms with van der Waals surface area (Å²) in [6.07, 6.45) is 10.6. The lowest BCUT2D eigenvalue weighted by Gasteiger charge is -2.28. The lowest BCUT2D eigenvalue weighted by atomic mass is 9.93. The van der Waals surface area contributed by atoms with Crippen LogP contribution >= 0.6 is 0 Å². The summed E-state index contributed by atoms with van der Waals surface area (Å²) >= 11 is 0. The molecule has 2 aromatic rings. The van der Waals surface area contributed by atoms with Gasteiger partial charge in [0.2, 0.25) is 5.91 Å². The molecule has 0 aliphatic heterocycles. The van der Waals surface area contributed by atoms with Crippen LogP contribution in [0.15, 0.2) is 60.9 Å². The average Bonchev–Trinajstić information content (AvgIpc) is 3.29. The van der Waals surface area contributed by atoms with Gasteiger partial charge < -0.3 is 19.8 Å². The molecular formula is C27H36N4O5. The number of aromatic amines is 1. The number of methoxy groups -OCH3 is 1. The van der Waals surface area contributed by atoms with Crippen molar-refractivity contribution in [2.75, 3.05) is 13.7 Å². The predicted octanol–water partition coefficient (Wildman–Crippen LogP) is 4.23. The van der Waals surface area contributed by atoms with E-state index in [0.717, 1.165) is 27.8 Å². The number of amides is 3. The van der Waals surface area contributed by atoms with E-state index in [1.165, 1.54) is 0 Å². The predicted molar refractivity (Wildman–Crippen MR) is 140 cm³/mol. The normalized spacial score (nSPS) is 13.2. The summed E-state index contributed by atoms with van der Waals surface area (Å²) in [6.45, 7) is 9.16. The van der Waals surface area contributed by atoms with Crippen LogP contribution in [0.1, 0.15) is 45.6 Å². The maximum Gasteiger partial charge on any atom is 0.334 e. The highest BCUT2D eigenvalue weighted by Gasteiger charge is 2.36. The number of carbonyl (C=O) groups is 3. The van der Waals surface area contributed by atoms with E-state index in [-0.39, 0.29) is 25.4 Å². The van der Waals surface area contributed by atoms with E-state index >= 15 is 0 Å². The fourth-order valence-electron chi connectivity index (χ4n) is 3.68. The Morgan fingerprint density at radius 3 is 2.64 bits per heavy atom. The van der Waals surface area contributed by atoms with Crippen molar-refractivity contribution in [3.8, 4) is 5.75 Å². The zero-order valence-corrected chi connectivity index (χ0v) is 21.4. The number of carbonyl (C=O) groups excluding carboxylic acids is 3. The minimum Gasteiger partial charge on any atom is -0.496 e. The first-order valence-corrected chi connectivity index (χ1v) is 11.9. The third-order valence-electron chi connectivity index (χ3n) is 5.70. The average molecular weight is 497 g/mol. The molecule has 0 bridgehead atoms. The Morgan fingerprint density at radius 2 is 1.97 bits per heavy atom. The van der Waals surface area contributed by atoms with Gasteiger partial charge in [0.15, 0.2) is 0 Å². The van der Waals surface area contributed by atoms with Gasteiger partial charge in [-0.05, 0) is 63.3 Å². The standard InChI is InChI=1S/C27H36N4O5/c1-6-9-11-19(7-2)16-17-27(4,25(33)36-8-3)29-26(34)31-30-23(32)15-14-20-18-28-21-12-10-13-22(35-5)24(20)21/h6-7,9-13,18,28H,2,8,14-17H2,1,3-5H3,(H,30,32)(H2,29,31,34)/b9-6-,19-11+. The Balaban J connectivity index is 1.95. The van der Waals surface area contributed by atoms with Crippen molar-refractivity contribution in [3.05, 3.63) is 66.4 Å². The molecule has 0 fully saturated rings. The maximum atomic E-state index is 12.6. The molecule has 9 nitrogen and oxygen atoms in total. The highest BCUT2D eigenvalue weighted by molar-refractivity contribution is 5.90. The second-order valence-corrected chi connectivity index (χ2v) is 8.35. The molecule has 1 heterocycles. The number of hydrogen-bond donors (Lipinski definition) is 4. The number of allylic oxidation sites excluding steroid dienone is 5. The van der Waals surface area contributed by atoms with Gasteiger partial charge in [0.25, 0.3) is 0 Å². The second kappa shape index (κ2) is 13.8. The molecule has 194 valence electrons. The summed E-state index contributed by atoms with van der Waals surface area (Å²) < 4.78 is 10.6. The van der Waals surface area contributed by atoms with Gasteiger partial charge in [-0.25, -0.2) is 15.0 Å². The zero-order chi connectivity index (χ0) is 26.6. The number of hydrogen-bond acceptors (Lipinski definition) is 5. The molecule has 1 atom stereocenters. The van der Waals surface area contributed by atoms with E-state index in [0.29, 0.717) is 12.8 Å². The molecule has 9 heteroatoms. The fourth-order valence-corrected chi connectivity index (χ4v) is 3.68. The van der Waals surface area contributed by atoms with Crippen molar-refractivity contribution in [3.63, 3.8) is 0 Å². The summed E-state index contributed by atoms with van der Waals surface area (Å²) in [7, 11) is 1.60. The molecule has 1 aromatic heterocycles. The van der Waals surface area contributed by atoms with Crippen LogP contribution in [0.4, 0.5) is 4.79 Å². The minimum absolute atomic E-state index is 0.138. The number of aromatic nitrogens is 1. The van der Waals surface area contributed by atoms with Crippen LogP contribution in [0.3, 0.4) is 0 Å². The van der Waals surface area contributed by atoms with E-state index in [1.54, 1.807) is 27.0 Å². The number of aryl methyl sites for hydroxylation is 1. The van der Waals surface area contributed by atoms with Gasteiger partial charge in [-0.2, -0.15) is 0 Å². The molecule has 36 heavy (non-hydrogen) atoms. The topological polar surface area (TPSA) is 122 Å². The van der Waals surface area contributed by atoms with Crippen LogP contribution in [0.2, 0.25) is 0 Å². The van der Waals surface area contributed by atoms with Gasteiger partial charge in [-0.3, -0.25) is 10.2 Å². The number of hydrazine groups is 1. The third kappa shape index (κ3) is 7.76. The van der Waals surface area contributed by atoms with Gasteiger partial charge in [-0.1, -0.05) is 36.9 Å². The van der Waals surface area contributed by atoms with E-state index in [4.69, 9.17) is 9.47 Å². The zero-order valence-electron chi connectivity index (χ0n) is 21.4. The molecular weight excluding hydrogens is 460 g/mol. The number of ether oxygens (including phenoxy) is 2. The summed E-state index contributed by atoms with van der Waals surface area (Å²) in [4.78, 5) is 40.7. The summed E-state index contributed by atoms with van der Waals surface area (Å²) in [5, 5.41) is 3.56. The molecule has 0 spiro atoms. The minimum atomic E-state index is -1.30. The monoisotopic (exact) mass is 496 g/mol. The molecule has 4 N–H and O–H groups in total. The molecule has 2 rings (SSSR count). The number of esters is 1.